The Labute approximate surface area is 162 Å². The number of aromatic nitrogens is 1. The fourth-order valence-corrected chi connectivity index (χ4v) is 2.99. The van der Waals surface area contributed by atoms with Crippen molar-refractivity contribution in [3.05, 3.63) is 53.2 Å². The molecule has 0 spiro atoms. The number of nitrogens with zero attached hydrogens (tertiary/aromatic N) is 3. The lowest BCUT2D eigenvalue weighted by molar-refractivity contribution is 0.0570. The first kappa shape index (κ1) is 19.0. The van der Waals surface area contributed by atoms with Crippen molar-refractivity contribution in [3.63, 3.8) is 0 Å². The standard InChI is InChI=1S/C19H21ClN4O3/c1-2-27-19(26)24-10-8-23(9-11-24)18(25)14-6-7-17(21-13-14)22-16-5-3-4-15(20)12-16/h3-7,12-13H,2,8-11H2,1H3,(H,21,22). The molecular formula is C19H21ClN4O3. The summed E-state index contributed by atoms with van der Waals surface area (Å²) < 4.78 is 4.99. The molecule has 1 aliphatic heterocycles. The number of benzene rings is 1. The second-order valence-corrected chi connectivity index (χ2v) is 6.48. The Bertz CT molecular complexity index is 805. The molecule has 1 fully saturated rings. The van der Waals surface area contributed by atoms with Crippen molar-refractivity contribution in [2.24, 2.45) is 0 Å². The summed E-state index contributed by atoms with van der Waals surface area (Å²) in [7, 11) is 0. The highest BCUT2D eigenvalue weighted by molar-refractivity contribution is 6.30. The quantitative estimate of drug-likeness (QED) is 0.868. The van der Waals surface area contributed by atoms with Crippen LogP contribution in [0.5, 0.6) is 0 Å². The van der Waals surface area contributed by atoms with Gasteiger partial charge in [0, 0.05) is 43.1 Å². The van der Waals surface area contributed by atoms with Crippen molar-refractivity contribution in [3.8, 4) is 0 Å². The van der Waals surface area contributed by atoms with Crippen molar-refractivity contribution < 1.29 is 14.3 Å². The minimum atomic E-state index is -0.331. The molecule has 142 valence electrons. The molecule has 1 aromatic heterocycles. The molecule has 0 atom stereocenters. The van der Waals surface area contributed by atoms with E-state index in [4.69, 9.17) is 16.3 Å². The largest absolute Gasteiger partial charge is 0.450 e. The van der Waals surface area contributed by atoms with Gasteiger partial charge < -0.3 is 19.9 Å². The van der Waals surface area contributed by atoms with Gasteiger partial charge in [0.1, 0.15) is 5.82 Å². The number of piperazine rings is 1. The van der Waals surface area contributed by atoms with Gasteiger partial charge in [0.25, 0.3) is 5.91 Å². The zero-order valence-corrected chi connectivity index (χ0v) is 15.8. The molecule has 0 bridgehead atoms. The van der Waals surface area contributed by atoms with Gasteiger partial charge in [0.15, 0.2) is 0 Å². The molecule has 0 radical (unpaired) electrons. The Morgan fingerprint density at radius 3 is 2.52 bits per heavy atom. The molecule has 0 unspecified atom stereocenters. The summed E-state index contributed by atoms with van der Waals surface area (Å²) in [6, 6.07) is 10.8. The monoisotopic (exact) mass is 388 g/mol. The lowest BCUT2D eigenvalue weighted by atomic mass is 10.2. The number of anilines is 2. The molecule has 8 heteroatoms. The highest BCUT2D eigenvalue weighted by Gasteiger charge is 2.25. The summed E-state index contributed by atoms with van der Waals surface area (Å²) in [5.74, 6) is 0.529. The van der Waals surface area contributed by atoms with E-state index >= 15 is 0 Å². The first-order chi connectivity index (χ1) is 13.1. The zero-order valence-electron chi connectivity index (χ0n) is 15.0. The van der Waals surface area contributed by atoms with Crippen LogP contribution in [0.25, 0.3) is 0 Å². The van der Waals surface area contributed by atoms with E-state index < -0.39 is 0 Å². The average Bonchev–Trinajstić information content (AvgIpc) is 2.68. The van der Waals surface area contributed by atoms with Crippen LogP contribution < -0.4 is 5.32 Å². The Hall–Kier alpha value is -2.80. The number of carbonyl (C=O) groups is 2. The number of nitrogens with one attached hydrogen (secondary N) is 1. The summed E-state index contributed by atoms with van der Waals surface area (Å²) >= 11 is 5.97. The summed E-state index contributed by atoms with van der Waals surface area (Å²) in [5, 5.41) is 3.78. The highest BCUT2D eigenvalue weighted by atomic mass is 35.5. The number of rotatable bonds is 4. The third kappa shape index (κ3) is 4.89. The van der Waals surface area contributed by atoms with Crippen molar-refractivity contribution >= 4 is 35.1 Å². The molecular weight excluding hydrogens is 368 g/mol. The van der Waals surface area contributed by atoms with Crippen LogP contribution in [0.4, 0.5) is 16.3 Å². The van der Waals surface area contributed by atoms with Crippen LogP contribution in [0.1, 0.15) is 17.3 Å². The van der Waals surface area contributed by atoms with Gasteiger partial charge >= 0.3 is 6.09 Å². The number of carbonyl (C=O) groups excluding carboxylic acids is 2. The second kappa shape index (κ2) is 8.73. The normalized spacial score (nSPS) is 14.0. The molecule has 27 heavy (non-hydrogen) atoms. The maximum Gasteiger partial charge on any atom is 0.409 e. The Kier molecular flexibility index (Phi) is 6.13. The van der Waals surface area contributed by atoms with E-state index in [-0.39, 0.29) is 12.0 Å². The maximum absolute atomic E-state index is 12.6. The number of amides is 2. The van der Waals surface area contributed by atoms with Gasteiger partial charge in [0.2, 0.25) is 0 Å². The van der Waals surface area contributed by atoms with E-state index in [2.05, 4.69) is 10.3 Å². The van der Waals surface area contributed by atoms with Crippen LogP contribution in [-0.2, 0) is 4.74 Å². The van der Waals surface area contributed by atoms with Crippen molar-refractivity contribution in [2.75, 3.05) is 38.1 Å². The number of ether oxygens (including phenoxy) is 1. The van der Waals surface area contributed by atoms with E-state index in [0.29, 0.717) is 49.2 Å². The Balaban J connectivity index is 1.57. The Morgan fingerprint density at radius 2 is 1.89 bits per heavy atom. The van der Waals surface area contributed by atoms with E-state index in [0.717, 1.165) is 5.69 Å². The maximum atomic E-state index is 12.6. The number of halogens is 1. The molecule has 1 aromatic carbocycles. The SMILES string of the molecule is CCOC(=O)N1CCN(C(=O)c2ccc(Nc3cccc(Cl)c3)nc2)CC1. The molecule has 2 heterocycles. The van der Waals surface area contributed by atoms with Crippen LogP contribution in [0.2, 0.25) is 5.02 Å². The van der Waals surface area contributed by atoms with Crippen LogP contribution >= 0.6 is 11.6 Å². The summed E-state index contributed by atoms with van der Waals surface area (Å²) in [6.45, 7) is 3.99. The lowest BCUT2D eigenvalue weighted by Gasteiger charge is -2.34. The van der Waals surface area contributed by atoms with Crippen LogP contribution in [0.3, 0.4) is 0 Å². The molecule has 1 N–H and O–H groups in total. The predicted octanol–water partition coefficient (Wildman–Crippen LogP) is 3.39. The summed E-state index contributed by atoms with van der Waals surface area (Å²) in [5.41, 5.74) is 1.33. The van der Waals surface area contributed by atoms with Gasteiger partial charge in [-0.05, 0) is 37.3 Å². The van der Waals surface area contributed by atoms with Crippen LogP contribution in [-0.4, -0.2) is 59.6 Å². The average molecular weight is 389 g/mol. The van der Waals surface area contributed by atoms with Crippen molar-refractivity contribution in [1.29, 1.82) is 0 Å². The first-order valence-electron chi connectivity index (χ1n) is 8.76. The predicted molar refractivity (Wildman–Crippen MR) is 103 cm³/mol. The third-order valence-electron chi connectivity index (χ3n) is 4.20. The first-order valence-corrected chi connectivity index (χ1v) is 9.14. The molecule has 0 aliphatic carbocycles. The molecule has 3 rings (SSSR count). The fourth-order valence-electron chi connectivity index (χ4n) is 2.80. The van der Waals surface area contributed by atoms with Gasteiger partial charge in [-0.2, -0.15) is 0 Å². The minimum absolute atomic E-state index is 0.0969. The third-order valence-corrected chi connectivity index (χ3v) is 4.44. The Morgan fingerprint density at radius 1 is 1.15 bits per heavy atom. The molecule has 0 saturated carbocycles. The van der Waals surface area contributed by atoms with E-state index in [1.165, 1.54) is 0 Å². The summed E-state index contributed by atoms with van der Waals surface area (Å²) in [6.07, 6.45) is 1.22. The number of hydrogen-bond donors (Lipinski definition) is 1. The topological polar surface area (TPSA) is 74.8 Å². The number of hydrogen-bond acceptors (Lipinski definition) is 5. The molecule has 7 nitrogen and oxygen atoms in total. The molecule has 2 amide bonds. The van der Waals surface area contributed by atoms with Gasteiger partial charge in [-0.1, -0.05) is 17.7 Å². The van der Waals surface area contributed by atoms with Gasteiger partial charge in [0.05, 0.1) is 12.2 Å². The summed E-state index contributed by atoms with van der Waals surface area (Å²) in [4.78, 5) is 32.0. The van der Waals surface area contributed by atoms with Crippen molar-refractivity contribution in [1.82, 2.24) is 14.8 Å². The highest BCUT2D eigenvalue weighted by Crippen LogP contribution is 2.19. The van der Waals surface area contributed by atoms with Crippen LogP contribution in [0.15, 0.2) is 42.6 Å². The van der Waals surface area contributed by atoms with Crippen molar-refractivity contribution in [2.45, 2.75) is 6.92 Å². The lowest BCUT2D eigenvalue weighted by Crippen LogP contribution is -2.50. The van der Waals surface area contributed by atoms with Crippen LogP contribution in [0, 0.1) is 0 Å². The van der Waals surface area contributed by atoms with Gasteiger partial charge in [-0.3, -0.25) is 4.79 Å². The van der Waals surface area contributed by atoms with E-state index in [1.54, 1.807) is 47.2 Å². The molecule has 1 aliphatic rings. The smallest absolute Gasteiger partial charge is 0.409 e. The van der Waals surface area contributed by atoms with Gasteiger partial charge in [-0.25, -0.2) is 9.78 Å². The minimum Gasteiger partial charge on any atom is -0.450 e. The number of pyridine rings is 1. The van der Waals surface area contributed by atoms with Gasteiger partial charge in [-0.15, -0.1) is 0 Å². The molecule has 2 aromatic rings. The second-order valence-electron chi connectivity index (χ2n) is 6.05. The fraction of sp³-hybridized carbons (Fsp3) is 0.316. The molecule has 1 saturated heterocycles. The van der Waals surface area contributed by atoms with E-state index in [1.807, 2.05) is 12.1 Å². The van der Waals surface area contributed by atoms with E-state index in [9.17, 15) is 9.59 Å². The zero-order chi connectivity index (χ0) is 19.2.